The Bertz CT molecular complexity index is 2320. The van der Waals surface area contributed by atoms with Gasteiger partial charge in [-0.1, -0.05) is 53.4 Å². The van der Waals surface area contributed by atoms with Crippen LogP contribution < -0.4 is 5.73 Å². The first-order valence-corrected chi connectivity index (χ1v) is 22.0. The zero-order valence-corrected chi connectivity index (χ0v) is 32.9. The van der Waals surface area contributed by atoms with E-state index in [4.69, 9.17) is 5.73 Å². The summed E-state index contributed by atoms with van der Waals surface area (Å²) in [4.78, 5) is -0.572. The van der Waals surface area contributed by atoms with E-state index in [1.54, 1.807) is 6.92 Å². The van der Waals surface area contributed by atoms with Gasteiger partial charge in [0.1, 0.15) is 21.5 Å². The van der Waals surface area contributed by atoms with E-state index >= 15 is 0 Å². The Balaban J connectivity index is 1.63. The lowest BCUT2D eigenvalue weighted by molar-refractivity contribution is 0.459. The van der Waals surface area contributed by atoms with Gasteiger partial charge in [-0.3, -0.25) is 0 Å². The molecule has 4 rings (SSSR count). The van der Waals surface area contributed by atoms with Crippen molar-refractivity contribution in [3.63, 3.8) is 0 Å². The number of hydrogen-bond donors (Lipinski definition) is 2. The number of sulfone groups is 2. The Labute approximate surface area is 312 Å². The molecular formula is C37H46N5O8S3-. The Morgan fingerprint density at radius 1 is 0.660 bits per heavy atom. The summed E-state index contributed by atoms with van der Waals surface area (Å²) in [5.74, 6) is 0.285. The zero-order chi connectivity index (χ0) is 39.1. The number of phenolic OH excluding ortho intramolecular Hbond substituents is 1. The molecule has 0 amide bonds. The van der Waals surface area contributed by atoms with Gasteiger partial charge in [0.15, 0.2) is 25.4 Å². The molecule has 4 aromatic rings. The molecule has 0 fully saturated rings. The van der Waals surface area contributed by atoms with Crippen molar-refractivity contribution in [3.05, 3.63) is 66.2 Å². The van der Waals surface area contributed by atoms with Crippen molar-refractivity contribution in [2.24, 2.45) is 32.3 Å². The Kier molecular flexibility index (Phi) is 13.5. The van der Waals surface area contributed by atoms with Crippen molar-refractivity contribution >= 4 is 69.0 Å². The fourth-order valence-corrected chi connectivity index (χ4v) is 9.07. The van der Waals surface area contributed by atoms with Crippen LogP contribution in [-0.4, -0.2) is 46.4 Å². The summed E-state index contributed by atoms with van der Waals surface area (Å²) in [6, 6.07) is 13.9. The molecule has 0 saturated heterocycles. The first-order chi connectivity index (χ1) is 24.8. The smallest absolute Gasteiger partial charge is 0.178 e. The van der Waals surface area contributed by atoms with Gasteiger partial charge < -0.3 is 15.4 Å². The first kappa shape index (κ1) is 41.5. The van der Waals surface area contributed by atoms with E-state index in [2.05, 4.69) is 48.2 Å². The molecule has 0 unspecified atom stereocenters. The number of benzene rings is 4. The molecule has 0 radical (unpaired) electrons. The first-order valence-electron chi connectivity index (χ1n) is 17.3. The van der Waals surface area contributed by atoms with Crippen molar-refractivity contribution in [2.75, 3.05) is 17.2 Å². The third kappa shape index (κ3) is 10.9. The minimum atomic E-state index is -5.17. The molecule has 0 spiro atoms. The third-order valence-corrected chi connectivity index (χ3v) is 13.1. The number of aromatic hydroxyl groups is 1. The Morgan fingerprint density at radius 2 is 1.09 bits per heavy atom. The van der Waals surface area contributed by atoms with Gasteiger partial charge in [-0.25, -0.2) is 25.3 Å². The maximum Gasteiger partial charge on any atom is 0.178 e. The molecule has 0 bridgehead atoms. The van der Waals surface area contributed by atoms with E-state index in [1.165, 1.54) is 54.6 Å². The molecular weight excluding hydrogens is 739 g/mol. The monoisotopic (exact) mass is 784 g/mol. The van der Waals surface area contributed by atoms with E-state index in [0.29, 0.717) is 35.9 Å². The highest BCUT2D eigenvalue weighted by Crippen LogP contribution is 2.47. The Hall–Kier alpha value is -4.25. The number of phenols is 1. The number of nitrogens with two attached hydrogens (primary N) is 1. The van der Waals surface area contributed by atoms with Gasteiger partial charge in [0.05, 0.1) is 48.6 Å². The fourth-order valence-electron chi connectivity index (χ4n) is 5.68. The molecule has 0 aliphatic carbocycles. The highest BCUT2D eigenvalue weighted by atomic mass is 32.2. The maximum absolute atomic E-state index is 12.8. The van der Waals surface area contributed by atoms with Crippen molar-refractivity contribution in [1.82, 2.24) is 0 Å². The van der Waals surface area contributed by atoms with Crippen LogP contribution in [0.5, 0.6) is 5.75 Å². The van der Waals surface area contributed by atoms with Crippen molar-refractivity contribution in [2.45, 2.75) is 87.8 Å². The van der Waals surface area contributed by atoms with E-state index < -0.39 is 46.1 Å². The summed E-state index contributed by atoms with van der Waals surface area (Å²) in [5.41, 5.74) is 6.74. The average Bonchev–Trinajstić information content (AvgIpc) is 3.07. The van der Waals surface area contributed by atoms with E-state index in [0.717, 1.165) is 31.7 Å². The number of aryl methyl sites for hydroxylation is 1. The lowest BCUT2D eigenvalue weighted by atomic mass is 10.0. The predicted octanol–water partition coefficient (Wildman–Crippen LogP) is 9.37. The molecule has 0 aliphatic heterocycles. The van der Waals surface area contributed by atoms with Crippen LogP contribution in [0.3, 0.4) is 0 Å². The number of azo groups is 2. The van der Waals surface area contributed by atoms with Crippen LogP contribution in [0.15, 0.2) is 95.8 Å². The molecule has 286 valence electrons. The second-order valence-electron chi connectivity index (χ2n) is 13.9. The number of nitrogens with zero attached hydrogens (tertiary/aromatic N) is 4. The highest BCUT2D eigenvalue weighted by Gasteiger charge is 2.22. The number of nitrogen functional groups attached to an aromatic ring is 1. The summed E-state index contributed by atoms with van der Waals surface area (Å²) >= 11 is 0. The molecule has 3 N–H and O–H groups in total. The van der Waals surface area contributed by atoms with Crippen LogP contribution in [-0.2, 0) is 29.8 Å². The van der Waals surface area contributed by atoms with Crippen LogP contribution in [0.1, 0.15) is 71.8 Å². The quantitative estimate of drug-likeness (QED) is 0.0450. The van der Waals surface area contributed by atoms with E-state index in [-0.39, 0.29) is 49.1 Å². The molecule has 0 saturated carbocycles. The molecule has 16 heteroatoms. The van der Waals surface area contributed by atoms with Gasteiger partial charge in [0.25, 0.3) is 0 Å². The van der Waals surface area contributed by atoms with Gasteiger partial charge >= 0.3 is 0 Å². The van der Waals surface area contributed by atoms with Gasteiger partial charge in [-0.05, 0) is 103 Å². The van der Waals surface area contributed by atoms with Crippen LogP contribution in [0.25, 0.3) is 10.8 Å². The second-order valence-corrected chi connectivity index (χ2v) is 19.5. The largest absolute Gasteiger partial charge is 0.744 e. The van der Waals surface area contributed by atoms with Gasteiger partial charge in [0, 0.05) is 0 Å². The molecule has 0 atom stereocenters. The Morgan fingerprint density at radius 3 is 1.51 bits per heavy atom. The molecule has 13 nitrogen and oxygen atoms in total. The van der Waals surface area contributed by atoms with Crippen LogP contribution in [0.2, 0.25) is 0 Å². The summed E-state index contributed by atoms with van der Waals surface area (Å²) in [6.45, 7) is 9.97. The zero-order valence-electron chi connectivity index (χ0n) is 30.5. The molecule has 0 aliphatic rings. The van der Waals surface area contributed by atoms with Crippen molar-refractivity contribution in [3.8, 4) is 5.75 Å². The lowest BCUT2D eigenvalue weighted by Crippen LogP contribution is -2.07. The molecule has 53 heavy (non-hydrogen) atoms. The number of rotatable bonds is 17. The summed E-state index contributed by atoms with van der Waals surface area (Å²) in [6.07, 6.45) is 4.59. The average molecular weight is 785 g/mol. The molecule has 0 heterocycles. The number of unbranched alkanes of at least 4 members (excludes halogenated alkanes) is 2. The number of anilines is 1. The minimum absolute atomic E-state index is 0.00585. The number of hydrogen-bond acceptors (Lipinski definition) is 13. The topological polar surface area (TPSA) is 221 Å². The van der Waals surface area contributed by atoms with E-state index in [9.17, 15) is 34.9 Å². The SMILES string of the molecule is Cc1cc2cc(S(=O)(=O)[O-])c(N=Nc3ccc(S(=O)(=O)CCCCC(C)C)cc3)c(O)c2c(N)c1N=Nc1ccc(S(=O)(=O)CCCCC(C)C)cc1. The van der Waals surface area contributed by atoms with Crippen molar-refractivity contribution in [1.29, 1.82) is 0 Å². The normalized spacial score (nSPS) is 13.0. The summed E-state index contributed by atoms with van der Waals surface area (Å²) in [7, 11) is -12.2. The number of fused-ring (bicyclic) bond motifs is 1. The van der Waals surface area contributed by atoms with Gasteiger partial charge in [-0.2, -0.15) is 10.2 Å². The van der Waals surface area contributed by atoms with Crippen LogP contribution in [0.4, 0.5) is 28.4 Å². The highest BCUT2D eigenvalue weighted by molar-refractivity contribution is 7.91. The molecule has 0 aromatic heterocycles. The third-order valence-electron chi connectivity index (χ3n) is 8.62. The standard InChI is InChI=1S/C37H47N5O8S3/c1-24(2)10-6-8-20-51(44,45)30-16-12-28(13-17-30)39-41-35-26(5)22-27-23-32(53(48,49)50)36(37(43)33(27)34(35)38)42-40-29-14-18-31(19-15-29)52(46,47)21-9-7-11-25(3)4/h12-19,22-25,43H,6-11,20-21,38H2,1-5H3,(H,48,49,50)/p-1. The second kappa shape index (κ2) is 17.3. The van der Waals surface area contributed by atoms with Gasteiger partial charge in [-0.15, -0.1) is 10.2 Å². The maximum atomic E-state index is 12.8. The van der Waals surface area contributed by atoms with Gasteiger partial charge in [0.2, 0.25) is 0 Å². The minimum Gasteiger partial charge on any atom is -0.744 e. The van der Waals surface area contributed by atoms with Crippen LogP contribution >= 0.6 is 0 Å². The van der Waals surface area contributed by atoms with E-state index in [1.807, 2.05) is 0 Å². The summed E-state index contributed by atoms with van der Waals surface area (Å²) in [5, 5.41) is 27.7. The lowest BCUT2D eigenvalue weighted by Gasteiger charge is -2.16. The predicted molar refractivity (Wildman–Crippen MR) is 205 cm³/mol. The fraction of sp³-hybridized carbons (Fsp3) is 0.405. The summed E-state index contributed by atoms with van der Waals surface area (Å²) < 4.78 is 88.0. The molecule has 4 aromatic carbocycles. The van der Waals surface area contributed by atoms with Crippen molar-refractivity contribution < 1.29 is 34.9 Å². The van der Waals surface area contributed by atoms with Crippen LogP contribution in [0, 0.1) is 18.8 Å².